The van der Waals surface area contributed by atoms with Gasteiger partial charge in [-0.2, -0.15) is 0 Å². The highest BCUT2D eigenvalue weighted by Gasteiger charge is 2.42. The molecule has 3 aliphatic rings. The van der Waals surface area contributed by atoms with E-state index in [1.54, 1.807) is 24.3 Å². The van der Waals surface area contributed by atoms with Gasteiger partial charge in [-0.15, -0.1) is 0 Å². The molecule has 3 unspecified atom stereocenters. The fraction of sp³-hybridized carbons (Fsp3) is 0.438. The van der Waals surface area contributed by atoms with Crippen LogP contribution in [0.2, 0.25) is 0 Å². The second-order valence-corrected chi connectivity index (χ2v) is 6.05. The molecule has 3 amide bonds. The predicted octanol–water partition coefficient (Wildman–Crippen LogP) is 0.924. The van der Waals surface area contributed by atoms with E-state index in [0.29, 0.717) is 17.5 Å². The molecule has 1 aromatic carbocycles. The number of fused-ring (bicyclic) bond motifs is 2. The molecule has 2 saturated heterocycles. The number of nitrogens with one attached hydrogen (secondary N) is 1. The molecule has 22 heavy (non-hydrogen) atoms. The van der Waals surface area contributed by atoms with Gasteiger partial charge < -0.3 is 10.1 Å². The van der Waals surface area contributed by atoms with Crippen LogP contribution < -0.4 is 5.32 Å². The van der Waals surface area contributed by atoms with Crippen molar-refractivity contribution >= 4 is 17.7 Å². The Labute approximate surface area is 127 Å². The van der Waals surface area contributed by atoms with E-state index in [-0.39, 0.29) is 42.5 Å². The van der Waals surface area contributed by atoms with E-state index in [1.807, 2.05) is 0 Å². The minimum absolute atomic E-state index is 0.0105. The molecule has 1 N–H and O–H groups in total. The van der Waals surface area contributed by atoms with Gasteiger partial charge in [0.15, 0.2) is 0 Å². The first-order chi connectivity index (χ1) is 10.6. The van der Waals surface area contributed by atoms with Gasteiger partial charge in [-0.3, -0.25) is 19.3 Å². The van der Waals surface area contributed by atoms with Crippen molar-refractivity contribution < 1.29 is 19.1 Å². The lowest BCUT2D eigenvalue weighted by Gasteiger charge is -2.33. The minimum atomic E-state index is -0.276. The monoisotopic (exact) mass is 300 g/mol. The number of carbonyl (C=O) groups excluding carboxylic acids is 3. The van der Waals surface area contributed by atoms with Gasteiger partial charge in [0.05, 0.1) is 23.8 Å². The van der Waals surface area contributed by atoms with Gasteiger partial charge in [0, 0.05) is 12.3 Å². The number of ether oxygens (including phenoxy) is 1. The molecule has 6 nitrogen and oxygen atoms in total. The number of nitrogens with zero attached hydrogens (tertiary/aromatic N) is 1. The van der Waals surface area contributed by atoms with E-state index < -0.39 is 0 Å². The summed E-state index contributed by atoms with van der Waals surface area (Å²) in [5.74, 6) is -0.300. The zero-order valence-corrected chi connectivity index (χ0v) is 12.0. The molecular formula is C16H16N2O4. The predicted molar refractivity (Wildman–Crippen MR) is 76.0 cm³/mol. The Balaban J connectivity index is 1.48. The average molecular weight is 300 g/mol. The molecule has 3 heterocycles. The lowest BCUT2D eigenvalue weighted by Crippen LogP contribution is -2.45. The summed E-state index contributed by atoms with van der Waals surface area (Å²) in [6.45, 7) is 0.242. The summed E-state index contributed by atoms with van der Waals surface area (Å²) in [5, 5.41) is 2.80. The summed E-state index contributed by atoms with van der Waals surface area (Å²) in [6.07, 6.45) is 1.63. The van der Waals surface area contributed by atoms with Crippen LogP contribution in [0.1, 0.15) is 40.0 Å². The third kappa shape index (κ3) is 2.02. The molecule has 0 bridgehead atoms. The lowest BCUT2D eigenvalue weighted by atomic mass is 9.95. The van der Waals surface area contributed by atoms with Crippen LogP contribution in [0.15, 0.2) is 24.3 Å². The minimum Gasteiger partial charge on any atom is -0.353 e. The molecule has 3 atom stereocenters. The summed E-state index contributed by atoms with van der Waals surface area (Å²) in [5.41, 5.74) is 0.908. The number of imide groups is 1. The Kier molecular flexibility index (Phi) is 3.00. The van der Waals surface area contributed by atoms with Crippen LogP contribution in [0.3, 0.4) is 0 Å². The second-order valence-electron chi connectivity index (χ2n) is 6.05. The zero-order chi connectivity index (χ0) is 15.3. The van der Waals surface area contributed by atoms with Gasteiger partial charge >= 0.3 is 0 Å². The Hall–Kier alpha value is -2.21. The van der Waals surface area contributed by atoms with E-state index in [9.17, 15) is 14.4 Å². The fourth-order valence-corrected chi connectivity index (χ4v) is 3.50. The standard InChI is InChI=1S/C16H16N2O4/c19-13-7-9-5-6-10(22-14(9)17-13)8-18-15(20)11-3-1-2-4-12(11)16(18)21/h1-4,9-10,14H,5-8H2,(H,17,19). The highest BCUT2D eigenvalue weighted by Crippen LogP contribution is 2.32. The van der Waals surface area contributed by atoms with Crippen molar-refractivity contribution in [2.45, 2.75) is 31.6 Å². The first kappa shape index (κ1) is 13.5. The largest absolute Gasteiger partial charge is 0.353 e. The Morgan fingerprint density at radius 2 is 1.77 bits per heavy atom. The molecule has 0 radical (unpaired) electrons. The van der Waals surface area contributed by atoms with Crippen molar-refractivity contribution in [2.24, 2.45) is 5.92 Å². The maximum absolute atomic E-state index is 12.3. The van der Waals surface area contributed by atoms with Crippen molar-refractivity contribution in [3.8, 4) is 0 Å². The molecule has 4 rings (SSSR count). The Morgan fingerprint density at radius 1 is 1.09 bits per heavy atom. The van der Waals surface area contributed by atoms with E-state index in [1.165, 1.54) is 4.90 Å². The van der Waals surface area contributed by atoms with Crippen LogP contribution in [0.4, 0.5) is 0 Å². The third-order valence-corrected chi connectivity index (χ3v) is 4.64. The van der Waals surface area contributed by atoms with Crippen LogP contribution in [0, 0.1) is 5.92 Å². The molecule has 0 aromatic heterocycles. The van der Waals surface area contributed by atoms with Gasteiger partial charge in [0.1, 0.15) is 6.23 Å². The molecule has 0 spiro atoms. The van der Waals surface area contributed by atoms with Crippen LogP contribution in [0.25, 0.3) is 0 Å². The van der Waals surface area contributed by atoms with Crippen molar-refractivity contribution in [1.29, 1.82) is 0 Å². The second kappa shape index (κ2) is 4.91. The number of carbonyl (C=O) groups is 3. The quantitative estimate of drug-likeness (QED) is 0.824. The van der Waals surface area contributed by atoms with Crippen molar-refractivity contribution in [3.63, 3.8) is 0 Å². The smallest absolute Gasteiger partial charge is 0.261 e. The number of hydrogen-bond donors (Lipinski definition) is 1. The Bertz CT molecular complexity index is 637. The molecular weight excluding hydrogens is 284 g/mol. The summed E-state index contributed by atoms with van der Waals surface area (Å²) >= 11 is 0. The molecule has 0 saturated carbocycles. The van der Waals surface area contributed by atoms with Crippen molar-refractivity contribution in [3.05, 3.63) is 35.4 Å². The van der Waals surface area contributed by atoms with Crippen molar-refractivity contribution in [2.75, 3.05) is 6.54 Å². The first-order valence-corrected chi connectivity index (χ1v) is 7.53. The summed E-state index contributed by atoms with van der Waals surface area (Å²) < 4.78 is 5.86. The van der Waals surface area contributed by atoms with Crippen LogP contribution in [-0.2, 0) is 9.53 Å². The maximum Gasteiger partial charge on any atom is 0.261 e. The van der Waals surface area contributed by atoms with Gasteiger partial charge in [-0.05, 0) is 25.0 Å². The average Bonchev–Trinajstić information content (AvgIpc) is 3.00. The van der Waals surface area contributed by atoms with E-state index >= 15 is 0 Å². The van der Waals surface area contributed by atoms with Crippen molar-refractivity contribution in [1.82, 2.24) is 10.2 Å². The number of hydrogen-bond acceptors (Lipinski definition) is 4. The first-order valence-electron chi connectivity index (χ1n) is 7.53. The third-order valence-electron chi connectivity index (χ3n) is 4.64. The van der Waals surface area contributed by atoms with Crippen LogP contribution in [-0.4, -0.2) is 41.5 Å². The number of benzene rings is 1. The van der Waals surface area contributed by atoms with Crippen LogP contribution >= 0.6 is 0 Å². The van der Waals surface area contributed by atoms with E-state index in [0.717, 1.165) is 12.8 Å². The number of amides is 3. The molecule has 1 aromatic rings. The zero-order valence-electron chi connectivity index (χ0n) is 12.0. The summed E-state index contributed by atoms with van der Waals surface area (Å²) in [7, 11) is 0. The van der Waals surface area contributed by atoms with Crippen LogP contribution in [0.5, 0.6) is 0 Å². The fourth-order valence-electron chi connectivity index (χ4n) is 3.50. The number of rotatable bonds is 2. The molecule has 6 heteroatoms. The lowest BCUT2D eigenvalue weighted by molar-refractivity contribution is -0.122. The van der Waals surface area contributed by atoms with Gasteiger partial charge in [0.25, 0.3) is 11.8 Å². The highest BCUT2D eigenvalue weighted by atomic mass is 16.5. The molecule has 114 valence electrons. The highest BCUT2D eigenvalue weighted by molar-refractivity contribution is 6.21. The topological polar surface area (TPSA) is 75.7 Å². The van der Waals surface area contributed by atoms with Gasteiger partial charge in [-0.25, -0.2) is 0 Å². The summed E-state index contributed by atoms with van der Waals surface area (Å²) in [4.78, 5) is 37.3. The molecule has 3 aliphatic heterocycles. The molecule has 2 fully saturated rings. The Morgan fingerprint density at radius 3 is 2.45 bits per heavy atom. The SMILES string of the molecule is O=C1CC2CCC(CN3C(=O)c4ccccc4C3=O)OC2N1. The van der Waals surface area contributed by atoms with Gasteiger partial charge in [0.2, 0.25) is 5.91 Å². The van der Waals surface area contributed by atoms with Gasteiger partial charge in [-0.1, -0.05) is 12.1 Å². The summed E-state index contributed by atoms with van der Waals surface area (Å²) in [6, 6.07) is 6.85. The van der Waals surface area contributed by atoms with E-state index in [2.05, 4.69) is 5.32 Å². The maximum atomic E-state index is 12.3. The molecule has 0 aliphatic carbocycles. The van der Waals surface area contributed by atoms with E-state index in [4.69, 9.17) is 4.74 Å². The normalized spacial score (nSPS) is 30.3.